The van der Waals surface area contributed by atoms with E-state index in [0.717, 1.165) is 61.8 Å². The van der Waals surface area contributed by atoms with Crippen LogP contribution < -0.4 is 19.7 Å². The van der Waals surface area contributed by atoms with Crippen LogP contribution in [0.25, 0.3) is 34.2 Å². The number of fused-ring (bicyclic) bond motifs is 2. The number of nitrogens with zero attached hydrogens (tertiary/aromatic N) is 2. The molecule has 1 aromatic heterocycles. The van der Waals surface area contributed by atoms with Crippen LogP contribution in [0.5, 0.6) is 11.5 Å². The lowest BCUT2D eigenvalue weighted by Crippen LogP contribution is -2.08. The number of nitrogens with one attached hydrogen (secondary N) is 1. The molecular formula is C32H26FN3O2. The van der Waals surface area contributed by atoms with E-state index < -0.39 is 0 Å². The monoisotopic (exact) mass is 503 g/mol. The quantitative estimate of drug-likeness (QED) is 0.257. The molecule has 0 aliphatic carbocycles. The van der Waals surface area contributed by atoms with Crippen LogP contribution in [0.3, 0.4) is 0 Å². The van der Waals surface area contributed by atoms with E-state index in [4.69, 9.17) is 14.5 Å². The molecule has 1 N–H and O–H groups in total. The van der Waals surface area contributed by atoms with Gasteiger partial charge in [-0.2, -0.15) is 0 Å². The van der Waals surface area contributed by atoms with Crippen molar-refractivity contribution < 1.29 is 13.9 Å². The van der Waals surface area contributed by atoms with Gasteiger partial charge >= 0.3 is 0 Å². The maximum absolute atomic E-state index is 13.3. The maximum Gasteiger partial charge on any atom is 0.231 e. The molecule has 0 fully saturated rings. The number of benzene rings is 4. The van der Waals surface area contributed by atoms with Crippen molar-refractivity contribution in [2.45, 2.75) is 0 Å². The van der Waals surface area contributed by atoms with Gasteiger partial charge in [-0.3, -0.25) is 0 Å². The lowest BCUT2D eigenvalue weighted by molar-refractivity contribution is 0.174. The fraction of sp³-hybridized carbons (Fsp3) is 0.0938. The molecule has 1 aliphatic heterocycles. The summed E-state index contributed by atoms with van der Waals surface area (Å²) in [6, 6.07) is 29.0. The fourth-order valence-corrected chi connectivity index (χ4v) is 4.44. The van der Waals surface area contributed by atoms with E-state index in [1.54, 1.807) is 12.1 Å². The average Bonchev–Trinajstić information content (AvgIpc) is 3.41. The first-order valence-electron chi connectivity index (χ1n) is 12.3. The van der Waals surface area contributed by atoms with Gasteiger partial charge in [0, 0.05) is 30.9 Å². The Morgan fingerprint density at radius 1 is 0.789 bits per heavy atom. The summed E-state index contributed by atoms with van der Waals surface area (Å²) < 4.78 is 24.4. The summed E-state index contributed by atoms with van der Waals surface area (Å²) in [4.78, 5) is 6.96. The Morgan fingerprint density at radius 3 is 2.32 bits per heavy atom. The highest BCUT2D eigenvalue weighted by molar-refractivity contribution is 5.97. The number of pyridine rings is 1. The van der Waals surface area contributed by atoms with Crippen molar-refractivity contribution >= 4 is 40.1 Å². The highest BCUT2D eigenvalue weighted by atomic mass is 19.1. The Hall–Kier alpha value is -4.84. The van der Waals surface area contributed by atoms with E-state index in [1.807, 2.05) is 56.6 Å². The molecule has 0 atom stereocenters. The van der Waals surface area contributed by atoms with Crippen molar-refractivity contribution in [3.8, 4) is 22.6 Å². The molecule has 38 heavy (non-hydrogen) atoms. The molecule has 6 rings (SSSR count). The lowest BCUT2D eigenvalue weighted by Gasteiger charge is -2.15. The smallest absolute Gasteiger partial charge is 0.231 e. The molecule has 0 saturated carbocycles. The van der Waals surface area contributed by atoms with Crippen molar-refractivity contribution in [3.05, 3.63) is 108 Å². The summed E-state index contributed by atoms with van der Waals surface area (Å²) >= 11 is 0. The van der Waals surface area contributed by atoms with Gasteiger partial charge in [0.15, 0.2) is 11.5 Å². The van der Waals surface area contributed by atoms with Gasteiger partial charge in [0.05, 0.1) is 16.9 Å². The zero-order valence-electron chi connectivity index (χ0n) is 21.1. The molecule has 0 spiro atoms. The largest absolute Gasteiger partial charge is 0.454 e. The number of hydrogen-bond acceptors (Lipinski definition) is 5. The van der Waals surface area contributed by atoms with Gasteiger partial charge in [-0.15, -0.1) is 0 Å². The Kier molecular flexibility index (Phi) is 6.14. The van der Waals surface area contributed by atoms with Crippen molar-refractivity contribution in [1.29, 1.82) is 0 Å². The highest BCUT2D eigenvalue weighted by Crippen LogP contribution is 2.37. The first kappa shape index (κ1) is 23.6. The number of aromatic nitrogens is 1. The second-order valence-electron chi connectivity index (χ2n) is 9.35. The number of halogens is 1. The molecule has 0 radical (unpaired) electrons. The molecule has 5 aromatic rings. The second kappa shape index (κ2) is 9.90. The predicted molar refractivity (Wildman–Crippen MR) is 153 cm³/mol. The first-order valence-corrected chi connectivity index (χ1v) is 12.3. The number of rotatable bonds is 6. The van der Waals surface area contributed by atoms with E-state index in [9.17, 15) is 4.39 Å². The summed E-state index contributed by atoms with van der Waals surface area (Å²) in [5, 5.41) is 4.59. The molecule has 188 valence electrons. The molecule has 1 aliphatic rings. The molecule has 6 heteroatoms. The number of anilines is 3. The van der Waals surface area contributed by atoms with E-state index in [2.05, 4.69) is 46.6 Å². The van der Waals surface area contributed by atoms with Crippen molar-refractivity contribution in [3.63, 3.8) is 0 Å². The standard InChI is InChI=1S/C32H26FN3O2/c1-36(2)27-13-11-25(12-14-27)34-30-19-26(10-5-21-3-8-24(33)9-4-21)35-29-15-6-22(17-28(29)30)23-7-16-31-32(18-23)38-20-37-31/h3-19H,20H2,1-2H3,(H,34,35)/b10-5+. The van der Waals surface area contributed by atoms with Gasteiger partial charge in [-0.25, -0.2) is 9.37 Å². The van der Waals surface area contributed by atoms with Gasteiger partial charge in [0.2, 0.25) is 6.79 Å². The number of ether oxygens (including phenoxy) is 2. The summed E-state index contributed by atoms with van der Waals surface area (Å²) in [5.74, 6) is 1.26. The zero-order chi connectivity index (χ0) is 26.1. The van der Waals surface area contributed by atoms with Gasteiger partial charge in [0.1, 0.15) is 5.82 Å². The first-order chi connectivity index (χ1) is 18.5. The Bertz CT molecular complexity index is 1650. The Labute approximate surface area is 220 Å². The van der Waals surface area contributed by atoms with E-state index in [-0.39, 0.29) is 12.6 Å². The summed E-state index contributed by atoms with van der Waals surface area (Å²) in [6.45, 7) is 0.245. The normalized spacial score (nSPS) is 12.3. The molecular weight excluding hydrogens is 477 g/mol. The minimum atomic E-state index is -0.254. The summed E-state index contributed by atoms with van der Waals surface area (Å²) in [5.41, 5.74) is 7.70. The van der Waals surface area contributed by atoms with Crippen LogP contribution in [0.15, 0.2) is 91.0 Å². The van der Waals surface area contributed by atoms with Crippen LogP contribution in [0.4, 0.5) is 21.5 Å². The second-order valence-corrected chi connectivity index (χ2v) is 9.35. The predicted octanol–water partition coefficient (Wildman–Crippen LogP) is 7.75. The van der Waals surface area contributed by atoms with Gasteiger partial charge in [-0.1, -0.05) is 30.3 Å². The summed E-state index contributed by atoms with van der Waals surface area (Å²) in [6.07, 6.45) is 3.88. The van der Waals surface area contributed by atoms with E-state index in [1.165, 1.54) is 12.1 Å². The lowest BCUT2D eigenvalue weighted by atomic mass is 10.0. The molecule has 4 aromatic carbocycles. The van der Waals surface area contributed by atoms with Crippen molar-refractivity contribution in [1.82, 2.24) is 4.98 Å². The van der Waals surface area contributed by atoms with Crippen molar-refractivity contribution in [2.24, 2.45) is 0 Å². The maximum atomic E-state index is 13.3. The Balaban J connectivity index is 1.41. The number of hydrogen-bond donors (Lipinski definition) is 1. The minimum Gasteiger partial charge on any atom is -0.454 e. The average molecular weight is 504 g/mol. The zero-order valence-corrected chi connectivity index (χ0v) is 21.1. The third kappa shape index (κ3) is 4.89. The van der Waals surface area contributed by atoms with E-state index in [0.29, 0.717) is 0 Å². The molecule has 5 nitrogen and oxygen atoms in total. The van der Waals surface area contributed by atoms with Crippen molar-refractivity contribution in [2.75, 3.05) is 31.1 Å². The topological polar surface area (TPSA) is 46.6 Å². The minimum absolute atomic E-state index is 0.245. The SMILES string of the molecule is CN(C)c1ccc(Nc2cc(/C=C/c3ccc(F)cc3)nc3ccc(-c4ccc5c(c4)OCO5)cc23)cc1. The summed E-state index contributed by atoms with van der Waals surface area (Å²) in [7, 11) is 4.05. The van der Waals surface area contributed by atoms with Crippen LogP contribution in [-0.4, -0.2) is 25.9 Å². The van der Waals surface area contributed by atoms with Crippen LogP contribution >= 0.6 is 0 Å². The molecule has 2 heterocycles. The fourth-order valence-electron chi connectivity index (χ4n) is 4.44. The third-order valence-electron chi connectivity index (χ3n) is 6.51. The molecule has 0 saturated heterocycles. The van der Waals surface area contributed by atoms with Crippen LogP contribution in [0.1, 0.15) is 11.3 Å². The van der Waals surface area contributed by atoms with E-state index >= 15 is 0 Å². The van der Waals surface area contributed by atoms with Gasteiger partial charge < -0.3 is 19.7 Å². The highest BCUT2D eigenvalue weighted by Gasteiger charge is 2.15. The van der Waals surface area contributed by atoms with Crippen LogP contribution in [-0.2, 0) is 0 Å². The molecule has 0 amide bonds. The molecule has 0 unspecified atom stereocenters. The molecule has 0 bridgehead atoms. The van der Waals surface area contributed by atoms with Gasteiger partial charge in [0.25, 0.3) is 0 Å². The third-order valence-corrected chi connectivity index (χ3v) is 6.51. The Morgan fingerprint density at radius 2 is 1.53 bits per heavy atom. The van der Waals surface area contributed by atoms with Gasteiger partial charge in [-0.05, 0) is 89.5 Å². The van der Waals surface area contributed by atoms with Crippen LogP contribution in [0.2, 0.25) is 0 Å². The van der Waals surface area contributed by atoms with Crippen LogP contribution in [0, 0.1) is 5.82 Å².